The number of ketones is 1. The van der Waals surface area contributed by atoms with Gasteiger partial charge in [-0.2, -0.15) is 0 Å². The van der Waals surface area contributed by atoms with Crippen LogP contribution < -0.4 is 19.5 Å². The third kappa shape index (κ3) is 5.05. The number of nitrogens with one attached hydrogen (secondary N) is 1. The Morgan fingerprint density at radius 1 is 1.11 bits per heavy atom. The number of halogens is 1. The van der Waals surface area contributed by atoms with Gasteiger partial charge in [-0.3, -0.25) is 4.79 Å². The maximum absolute atomic E-state index is 13.8. The van der Waals surface area contributed by atoms with Crippen molar-refractivity contribution >= 4 is 27.7 Å². The van der Waals surface area contributed by atoms with Crippen molar-refractivity contribution in [2.45, 2.75) is 38.5 Å². The minimum atomic E-state index is -0.626. The molecule has 0 aromatic heterocycles. The van der Waals surface area contributed by atoms with Crippen molar-refractivity contribution in [2.75, 3.05) is 33.7 Å². The fourth-order valence-corrected chi connectivity index (χ4v) is 5.85. The standard InChI is InChI=1S/C29H30BrNO7/c1-4-35-9-10-36-29(33)26-16(2)31-22-11-18(17-5-7-19(34-3)8-6-17)12-23(32)28(22)27(26)20-13-24-25(14-21(20)30)38-15-37-24/h5-8,13-14,18,27,31H,4,9-12,15H2,1-3H3/t18-,27+/m0/s1. The molecule has 1 aliphatic carbocycles. The molecule has 0 radical (unpaired) electrons. The van der Waals surface area contributed by atoms with E-state index in [2.05, 4.69) is 21.2 Å². The molecule has 200 valence electrons. The van der Waals surface area contributed by atoms with E-state index in [1.807, 2.05) is 50.2 Å². The second-order valence-electron chi connectivity index (χ2n) is 9.35. The highest BCUT2D eigenvalue weighted by Gasteiger charge is 2.42. The van der Waals surface area contributed by atoms with Crippen LogP contribution in [0.2, 0.25) is 0 Å². The first-order valence-electron chi connectivity index (χ1n) is 12.6. The number of rotatable bonds is 8. The molecule has 2 atom stereocenters. The highest BCUT2D eigenvalue weighted by atomic mass is 79.9. The van der Waals surface area contributed by atoms with Crippen LogP contribution in [0.5, 0.6) is 17.2 Å². The second kappa shape index (κ2) is 11.2. The molecule has 0 amide bonds. The Morgan fingerprint density at radius 3 is 2.55 bits per heavy atom. The molecule has 1 N–H and O–H groups in total. The van der Waals surface area contributed by atoms with Crippen LogP contribution in [0.1, 0.15) is 49.7 Å². The number of esters is 1. The molecular formula is C29H30BrNO7. The summed E-state index contributed by atoms with van der Waals surface area (Å²) in [6.45, 7) is 4.81. The van der Waals surface area contributed by atoms with E-state index in [0.717, 1.165) is 27.0 Å². The Labute approximate surface area is 230 Å². The van der Waals surface area contributed by atoms with Crippen LogP contribution in [0.4, 0.5) is 0 Å². The lowest BCUT2D eigenvalue weighted by atomic mass is 9.71. The molecule has 2 aliphatic heterocycles. The number of fused-ring (bicyclic) bond motifs is 1. The molecule has 3 aliphatic rings. The predicted molar refractivity (Wildman–Crippen MR) is 143 cm³/mol. The van der Waals surface area contributed by atoms with E-state index in [4.69, 9.17) is 23.7 Å². The molecule has 0 unspecified atom stereocenters. The van der Waals surface area contributed by atoms with Crippen LogP contribution in [0, 0.1) is 0 Å². The molecule has 2 heterocycles. The Kier molecular flexibility index (Phi) is 7.76. The zero-order valence-corrected chi connectivity index (χ0v) is 23.2. The Hall–Kier alpha value is -3.30. The third-order valence-electron chi connectivity index (χ3n) is 7.10. The van der Waals surface area contributed by atoms with Crippen molar-refractivity contribution < 1.29 is 33.3 Å². The first-order chi connectivity index (χ1) is 18.4. The van der Waals surface area contributed by atoms with Crippen molar-refractivity contribution in [2.24, 2.45) is 0 Å². The van der Waals surface area contributed by atoms with Crippen LogP contribution in [0.3, 0.4) is 0 Å². The number of methoxy groups -OCH3 is 1. The minimum absolute atomic E-state index is 0.00740. The molecule has 38 heavy (non-hydrogen) atoms. The summed E-state index contributed by atoms with van der Waals surface area (Å²) in [6, 6.07) is 11.5. The van der Waals surface area contributed by atoms with Gasteiger partial charge in [0.15, 0.2) is 17.3 Å². The molecule has 0 spiro atoms. The fraction of sp³-hybridized carbons (Fsp3) is 0.379. The number of hydrogen-bond acceptors (Lipinski definition) is 8. The van der Waals surface area contributed by atoms with Crippen LogP contribution in [0.15, 0.2) is 63.4 Å². The lowest BCUT2D eigenvalue weighted by molar-refractivity contribution is -0.140. The van der Waals surface area contributed by atoms with Crippen LogP contribution >= 0.6 is 15.9 Å². The van der Waals surface area contributed by atoms with Gasteiger partial charge in [-0.15, -0.1) is 0 Å². The summed E-state index contributed by atoms with van der Waals surface area (Å²) in [4.78, 5) is 27.3. The number of hydrogen-bond donors (Lipinski definition) is 1. The van der Waals surface area contributed by atoms with E-state index in [1.54, 1.807) is 7.11 Å². The van der Waals surface area contributed by atoms with Gasteiger partial charge in [0.25, 0.3) is 0 Å². The highest BCUT2D eigenvalue weighted by Crippen LogP contribution is 2.49. The Balaban J connectivity index is 1.54. The molecule has 8 nitrogen and oxygen atoms in total. The number of carbonyl (C=O) groups excluding carboxylic acids is 2. The van der Waals surface area contributed by atoms with E-state index in [0.29, 0.717) is 54.4 Å². The SMILES string of the molecule is CCOCCOC(=O)C1=C(C)NC2=C(C(=O)C[C@@H](c3ccc(OC)cc3)C2)[C@@H]1c1cc2c(cc1Br)OCO2. The molecule has 0 saturated carbocycles. The average molecular weight is 584 g/mol. The van der Waals surface area contributed by atoms with Crippen LogP contribution in [-0.4, -0.2) is 45.5 Å². The smallest absolute Gasteiger partial charge is 0.336 e. The summed E-state index contributed by atoms with van der Waals surface area (Å²) < 4.78 is 28.1. The largest absolute Gasteiger partial charge is 0.497 e. The van der Waals surface area contributed by atoms with Crippen molar-refractivity contribution in [3.8, 4) is 17.2 Å². The van der Waals surface area contributed by atoms with Gasteiger partial charge in [0.1, 0.15) is 12.4 Å². The molecular weight excluding hydrogens is 554 g/mol. The number of ether oxygens (including phenoxy) is 5. The van der Waals surface area contributed by atoms with Gasteiger partial charge in [-0.25, -0.2) is 4.79 Å². The zero-order chi connectivity index (χ0) is 26.8. The second-order valence-corrected chi connectivity index (χ2v) is 10.2. The summed E-state index contributed by atoms with van der Waals surface area (Å²) in [5.41, 5.74) is 4.27. The Morgan fingerprint density at radius 2 is 1.84 bits per heavy atom. The van der Waals surface area contributed by atoms with E-state index >= 15 is 0 Å². The summed E-state index contributed by atoms with van der Waals surface area (Å²) >= 11 is 3.66. The van der Waals surface area contributed by atoms with Gasteiger partial charge in [0.05, 0.1) is 19.3 Å². The Bertz CT molecular complexity index is 1310. The van der Waals surface area contributed by atoms with Crippen molar-refractivity contribution in [3.05, 3.63) is 74.5 Å². The normalized spacial score (nSPS) is 20.3. The molecule has 9 heteroatoms. The third-order valence-corrected chi connectivity index (χ3v) is 7.79. The lowest BCUT2D eigenvalue weighted by Gasteiger charge is -2.37. The first-order valence-corrected chi connectivity index (χ1v) is 13.4. The summed E-state index contributed by atoms with van der Waals surface area (Å²) in [6.07, 6.45) is 0.966. The quantitative estimate of drug-likeness (QED) is 0.338. The molecule has 0 saturated heterocycles. The van der Waals surface area contributed by atoms with Gasteiger partial charge < -0.3 is 29.0 Å². The van der Waals surface area contributed by atoms with Crippen molar-refractivity contribution in [3.63, 3.8) is 0 Å². The molecule has 2 aromatic carbocycles. The molecule has 0 bridgehead atoms. The monoisotopic (exact) mass is 583 g/mol. The van der Waals surface area contributed by atoms with E-state index < -0.39 is 11.9 Å². The molecule has 2 aromatic rings. The van der Waals surface area contributed by atoms with Gasteiger partial charge in [0.2, 0.25) is 6.79 Å². The number of Topliss-reactive ketones (excluding diaryl/α,β-unsaturated/α-hetero) is 1. The number of benzene rings is 2. The highest BCUT2D eigenvalue weighted by molar-refractivity contribution is 9.10. The maximum Gasteiger partial charge on any atom is 0.336 e. The molecule has 5 rings (SSSR count). The van der Waals surface area contributed by atoms with E-state index in [9.17, 15) is 9.59 Å². The van der Waals surface area contributed by atoms with E-state index in [1.165, 1.54) is 0 Å². The predicted octanol–water partition coefficient (Wildman–Crippen LogP) is 5.13. The fourth-order valence-electron chi connectivity index (χ4n) is 5.30. The summed E-state index contributed by atoms with van der Waals surface area (Å²) in [7, 11) is 1.63. The molecule has 0 fully saturated rings. The summed E-state index contributed by atoms with van der Waals surface area (Å²) in [5.74, 6) is 0.838. The minimum Gasteiger partial charge on any atom is -0.497 e. The zero-order valence-electron chi connectivity index (χ0n) is 21.6. The average Bonchev–Trinajstić information content (AvgIpc) is 3.37. The van der Waals surface area contributed by atoms with Crippen molar-refractivity contribution in [1.29, 1.82) is 0 Å². The van der Waals surface area contributed by atoms with Crippen LogP contribution in [0.25, 0.3) is 0 Å². The maximum atomic E-state index is 13.8. The van der Waals surface area contributed by atoms with Gasteiger partial charge >= 0.3 is 5.97 Å². The van der Waals surface area contributed by atoms with Gasteiger partial charge in [-0.1, -0.05) is 28.1 Å². The van der Waals surface area contributed by atoms with Crippen molar-refractivity contribution in [1.82, 2.24) is 5.32 Å². The topological polar surface area (TPSA) is 92.3 Å². The first kappa shape index (κ1) is 26.3. The number of dihydropyridines is 1. The number of carbonyl (C=O) groups is 2. The van der Waals surface area contributed by atoms with E-state index in [-0.39, 0.29) is 25.1 Å². The number of allylic oxidation sites excluding steroid dienone is 3. The van der Waals surface area contributed by atoms with Crippen LogP contribution in [-0.2, 0) is 19.1 Å². The van der Waals surface area contributed by atoms with Gasteiger partial charge in [-0.05, 0) is 61.6 Å². The lowest BCUT2D eigenvalue weighted by Crippen LogP contribution is -2.36. The summed E-state index contributed by atoms with van der Waals surface area (Å²) in [5, 5.41) is 3.39. The van der Waals surface area contributed by atoms with Gasteiger partial charge in [0, 0.05) is 40.4 Å².